The third-order valence-corrected chi connectivity index (χ3v) is 2.90. The second kappa shape index (κ2) is 5.16. The summed E-state index contributed by atoms with van der Waals surface area (Å²) in [6, 6.07) is 6.29. The molecule has 2 rings (SSSR count). The summed E-state index contributed by atoms with van der Waals surface area (Å²) in [5.74, 6) is -1.02. The van der Waals surface area contributed by atoms with Crippen molar-refractivity contribution in [2.75, 3.05) is 11.9 Å². The van der Waals surface area contributed by atoms with Crippen LogP contribution in [-0.4, -0.2) is 29.0 Å². The average Bonchev–Trinajstić information content (AvgIpc) is 2.76. The first-order valence-corrected chi connectivity index (χ1v) is 5.96. The van der Waals surface area contributed by atoms with Gasteiger partial charge < -0.3 is 14.4 Å². The fourth-order valence-corrected chi connectivity index (χ4v) is 1.94. The van der Waals surface area contributed by atoms with Crippen LogP contribution in [0.5, 0.6) is 0 Å². The van der Waals surface area contributed by atoms with Crippen LogP contribution < -0.4 is 4.90 Å². The Hall–Kier alpha value is -2.63. The first-order valence-electron chi connectivity index (χ1n) is 5.96. The van der Waals surface area contributed by atoms with E-state index in [2.05, 4.69) is 4.98 Å². The van der Waals surface area contributed by atoms with Crippen LogP contribution in [0.1, 0.15) is 32.5 Å². The summed E-state index contributed by atoms with van der Waals surface area (Å²) in [5, 5.41) is 9.15. The normalized spacial score (nSPS) is 10.3. The van der Waals surface area contributed by atoms with Crippen LogP contribution in [-0.2, 0) is 0 Å². The average molecular weight is 274 g/mol. The Morgan fingerprint density at radius 3 is 2.45 bits per heavy atom. The van der Waals surface area contributed by atoms with Gasteiger partial charge >= 0.3 is 5.97 Å². The number of carbonyl (C=O) groups excluding carboxylic acids is 1. The van der Waals surface area contributed by atoms with Crippen molar-refractivity contribution in [3.8, 4) is 0 Å². The molecule has 0 aliphatic heterocycles. The molecule has 0 radical (unpaired) electrons. The predicted octanol–water partition coefficient (Wildman–Crippen LogP) is 2.27. The molecular formula is C14H14N2O4. The van der Waals surface area contributed by atoms with Crippen LogP contribution in [0.4, 0.5) is 5.69 Å². The van der Waals surface area contributed by atoms with E-state index in [0.29, 0.717) is 17.3 Å². The molecular weight excluding hydrogens is 260 g/mol. The SMILES string of the molecule is Cc1nc(C)c(C(=O)N(C)c2ccccc2C(=O)O)o1. The molecule has 0 atom stereocenters. The number of para-hydroxylation sites is 1. The largest absolute Gasteiger partial charge is 0.478 e. The van der Waals surface area contributed by atoms with Gasteiger partial charge in [0.05, 0.1) is 16.9 Å². The minimum absolute atomic E-state index is 0.0530. The Morgan fingerprint density at radius 2 is 1.90 bits per heavy atom. The van der Waals surface area contributed by atoms with E-state index in [9.17, 15) is 9.59 Å². The molecule has 6 heteroatoms. The predicted molar refractivity (Wildman–Crippen MR) is 72.1 cm³/mol. The molecule has 6 nitrogen and oxygen atoms in total. The Morgan fingerprint density at radius 1 is 1.25 bits per heavy atom. The lowest BCUT2D eigenvalue weighted by Gasteiger charge is -2.18. The van der Waals surface area contributed by atoms with Gasteiger partial charge in [-0.15, -0.1) is 0 Å². The van der Waals surface area contributed by atoms with Crippen molar-refractivity contribution < 1.29 is 19.1 Å². The molecule has 1 aromatic carbocycles. The molecule has 0 unspecified atom stereocenters. The number of anilines is 1. The molecule has 1 N–H and O–H groups in total. The summed E-state index contributed by atoms with van der Waals surface area (Å²) in [4.78, 5) is 28.8. The second-order valence-electron chi connectivity index (χ2n) is 4.33. The van der Waals surface area contributed by atoms with Gasteiger partial charge in [-0.3, -0.25) is 4.79 Å². The number of aromatic carboxylic acids is 1. The van der Waals surface area contributed by atoms with Crippen LogP contribution in [0.3, 0.4) is 0 Å². The highest BCUT2D eigenvalue weighted by molar-refractivity contribution is 6.08. The lowest BCUT2D eigenvalue weighted by atomic mass is 10.1. The van der Waals surface area contributed by atoms with E-state index in [4.69, 9.17) is 9.52 Å². The Balaban J connectivity index is 2.41. The van der Waals surface area contributed by atoms with Gasteiger partial charge in [-0.2, -0.15) is 0 Å². The summed E-state index contributed by atoms with van der Waals surface area (Å²) >= 11 is 0. The smallest absolute Gasteiger partial charge is 0.337 e. The lowest BCUT2D eigenvalue weighted by Crippen LogP contribution is -2.28. The molecule has 0 saturated carbocycles. The fraction of sp³-hybridized carbons (Fsp3) is 0.214. The van der Waals surface area contributed by atoms with Crippen molar-refractivity contribution in [2.45, 2.75) is 13.8 Å². The highest BCUT2D eigenvalue weighted by atomic mass is 16.4. The molecule has 0 spiro atoms. The molecule has 1 amide bonds. The fourth-order valence-electron chi connectivity index (χ4n) is 1.94. The summed E-state index contributed by atoms with van der Waals surface area (Å²) in [7, 11) is 1.50. The number of amides is 1. The third kappa shape index (κ3) is 2.40. The molecule has 2 aromatic rings. The topological polar surface area (TPSA) is 83.6 Å². The zero-order chi connectivity index (χ0) is 14.9. The van der Waals surface area contributed by atoms with E-state index in [1.165, 1.54) is 18.0 Å². The number of benzene rings is 1. The third-order valence-electron chi connectivity index (χ3n) is 2.90. The van der Waals surface area contributed by atoms with Gasteiger partial charge in [0.1, 0.15) is 0 Å². The number of oxazole rings is 1. The summed E-state index contributed by atoms with van der Waals surface area (Å²) in [6.07, 6.45) is 0. The van der Waals surface area contributed by atoms with Crippen molar-refractivity contribution in [1.29, 1.82) is 0 Å². The van der Waals surface area contributed by atoms with E-state index in [1.54, 1.807) is 32.0 Å². The monoisotopic (exact) mass is 274 g/mol. The number of hydrogen-bond acceptors (Lipinski definition) is 4. The van der Waals surface area contributed by atoms with Crippen LogP contribution in [0.25, 0.3) is 0 Å². The number of carboxylic acid groups (broad SMARTS) is 1. The molecule has 0 saturated heterocycles. The highest BCUT2D eigenvalue weighted by Crippen LogP contribution is 2.22. The molecule has 104 valence electrons. The maximum atomic E-state index is 12.4. The maximum Gasteiger partial charge on any atom is 0.337 e. The summed E-state index contributed by atoms with van der Waals surface area (Å²) in [6.45, 7) is 3.32. The molecule has 0 aliphatic rings. The van der Waals surface area contributed by atoms with Gasteiger partial charge in [-0.25, -0.2) is 9.78 Å². The van der Waals surface area contributed by atoms with Gasteiger partial charge in [-0.05, 0) is 19.1 Å². The first-order chi connectivity index (χ1) is 9.41. The van der Waals surface area contributed by atoms with Gasteiger partial charge in [0, 0.05) is 14.0 Å². The van der Waals surface area contributed by atoms with Gasteiger partial charge in [0.15, 0.2) is 5.89 Å². The zero-order valence-electron chi connectivity index (χ0n) is 11.4. The number of hydrogen-bond donors (Lipinski definition) is 1. The quantitative estimate of drug-likeness (QED) is 0.928. The van der Waals surface area contributed by atoms with Crippen molar-refractivity contribution in [3.63, 3.8) is 0 Å². The number of carboxylic acids is 1. The second-order valence-corrected chi connectivity index (χ2v) is 4.33. The summed E-state index contributed by atoms with van der Waals surface area (Å²) < 4.78 is 5.27. The van der Waals surface area contributed by atoms with E-state index < -0.39 is 11.9 Å². The highest BCUT2D eigenvalue weighted by Gasteiger charge is 2.23. The number of aromatic nitrogens is 1. The number of nitrogens with zero attached hydrogens (tertiary/aromatic N) is 2. The van der Waals surface area contributed by atoms with E-state index >= 15 is 0 Å². The van der Waals surface area contributed by atoms with Gasteiger partial charge in [0.25, 0.3) is 5.91 Å². The maximum absolute atomic E-state index is 12.4. The minimum Gasteiger partial charge on any atom is -0.478 e. The molecule has 20 heavy (non-hydrogen) atoms. The Kier molecular flexibility index (Phi) is 3.56. The lowest BCUT2D eigenvalue weighted by molar-refractivity contribution is 0.0697. The van der Waals surface area contributed by atoms with Gasteiger partial charge in [-0.1, -0.05) is 12.1 Å². The van der Waals surface area contributed by atoms with E-state index in [1.807, 2.05) is 0 Å². The standard InChI is InChI=1S/C14H14N2O4/c1-8-12(20-9(2)15-8)13(17)16(3)11-7-5-4-6-10(11)14(18)19/h4-7H,1-3H3,(H,18,19). The molecule has 0 aliphatic carbocycles. The van der Waals surface area contributed by atoms with E-state index in [0.717, 1.165) is 0 Å². The molecule has 0 fully saturated rings. The molecule has 0 bridgehead atoms. The van der Waals surface area contributed by atoms with Gasteiger partial charge in [0.2, 0.25) is 5.76 Å². The Labute approximate surface area is 115 Å². The number of carbonyl (C=O) groups is 2. The van der Waals surface area contributed by atoms with E-state index in [-0.39, 0.29) is 11.3 Å². The molecule has 1 heterocycles. The Bertz CT molecular complexity index is 676. The zero-order valence-corrected chi connectivity index (χ0v) is 11.4. The minimum atomic E-state index is -1.09. The van der Waals surface area contributed by atoms with Crippen molar-refractivity contribution in [3.05, 3.63) is 47.2 Å². The van der Waals surface area contributed by atoms with Crippen LogP contribution >= 0.6 is 0 Å². The van der Waals surface area contributed by atoms with Crippen molar-refractivity contribution in [1.82, 2.24) is 4.98 Å². The van der Waals surface area contributed by atoms with Crippen molar-refractivity contribution in [2.24, 2.45) is 0 Å². The summed E-state index contributed by atoms with van der Waals surface area (Å²) in [5.41, 5.74) is 0.836. The first kappa shape index (κ1) is 13.8. The van der Waals surface area contributed by atoms with Crippen LogP contribution in [0.2, 0.25) is 0 Å². The number of aryl methyl sites for hydroxylation is 2. The van der Waals surface area contributed by atoms with Crippen LogP contribution in [0, 0.1) is 13.8 Å². The van der Waals surface area contributed by atoms with Crippen LogP contribution in [0.15, 0.2) is 28.7 Å². The molecule has 1 aromatic heterocycles. The van der Waals surface area contributed by atoms with Crippen molar-refractivity contribution >= 4 is 17.6 Å². The number of rotatable bonds is 3.